The molecule has 0 unspecified atom stereocenters. The Balaban J connectivity index is 2.06. The van der Waals surface area contributed by atoms with Crippen molar-refractivity contribution in [1.29, 1.82) is 0 Å². The monoisotopic (exact) mass is 284 g/mol. The van der Waals surface area contributed by atoms with Gasteiger partial charge >= 0.3 is 0 Å². The number of rotatable bonds is 4. The Morgan fingerprint density at radius 3 is 2.52 bits per heavy atom. The lowest BCUT2D eigenvalue weighted by Crippen LogP contribution is -2.07. The van der Waals surface area contributed by atoms with Crippen LogP contribution in [0.4, 0.5) is 11.4 Å². The SMILES string of the molecule is O=C(/C=C/c1ccccc1)Nc1ccc([N+](=O)[O-])cc1O. The molecule has 21 heavy (non-hydrogen) atoms. The Hall–Kier alpha value is -3.15. The molecule has 0 saturated carbocycles. The van der Waals surface area contributed by atoms with E-state index in [1.54, 1.807) is 6.08 Å². The first-order chi connectivity index (χ1) is 10.1. The Morgan fingerprint density at radius 2 is 1.90 bits per heavy atom. The summed E-state index contributed by atoms with van der Waals surface area (Å²) in [4.78, 5) is 21.6. The van der Waals surface area contributed by atoms with E-state index in [-0.39, 0.29) is 17.1 Å². The number of phenols is 1. The van der Waals surface area contributed by atoms with Crippen LogP contribution in [0.15, 0.2) is 54.6 Å². The molecule has 0 aliphatic rings. The van der Waals surface area contributed by atoms with Crippen molar-refractivity contribution < 1.29 is 14.8 Å². The van der Waals surface area contributed by atoms with E-state index >= 15 is 0 Å². The molecule has 1 amide bonds. The highest BCUT2D eigenvalue weighted by Gasteiger charge is 2.10. The lowest BCUT2D eigenvalue weighted by Gasteiger charge is -2.04. The third-order valence-corrected chi connectivity index (χ3v) is 2.68. The molecule has 6 heteroatoms. The first-order valence-electron chi connectivity index (χ1n) is 6.08. The summed E-state index contributed by atoms with van der Waals surface area (Å²) in [6, 6.07) is 12.7. The molecular formula is C15H12N2O4. The molecule has 0 aromatic heterocycles. The fraction of sp³-hybridized carbons (Fsp3) is 0. The van der Waals surface area contributed by atoms with Gasteiger partial charge in [-0.15, -0.1) is 0 Å². The molecule has 2 aromatic rings. The van der Waals surface area contributed by atoms with E-state index in [4.69, 9.17) is 0 Å². The summed E-state index contributed by atoms with van der Waals surface area (Å²) >= 11 is 0. The highest BCUT2D eigenvalue weighted by Crippen LogP contribution is 2.27. The van der Waals surface area contributed by atoms with Crippen molar-refractivity contribution in [3.63, 3.8) is 0 Å². The fourth-order valence-electron chi connectivity index (χ4n) is 1.65. The van der Waals surface area contributed by atoms with Crippen molar-refractivity contribution >= 4 is 23.4 Å². The number of hydrogen-bond donors (Lipinski definition) is 2. The molecule has 0 heterocycles. The van der Waals surface area contributed by atoms with E-state index in [0.717, 1.165) is 11.6 Å². The number of carbonyl (C=O) groups is 1. The Bertz CT molecular complexity index is 696. The van der Waals surface area contributed by atoms with Crippen molar-refractivity contribution in [3.8, 4) is 5.75 Å². The van der Waals surface area contributed by atoms with Crippen molar-refractivity contribution in [2.24, 2.45) is 0 Å². The Labute approximate surface area is 120 Å². The number of phenolic OH excluding ortho intramolecular Hbond substituents is 1. The van der Waals surface area contributed by atoms with Crippen LogP contribution in [0.5, 0.6) is 5.75 Å². The minimum Gasteiger partial charge on any atom is -0.506 e. The molecule has 0 spiro atoms. The van der Waals surface area contributed by atoms with Crippen LogP contribution in [0.3, 0.4) is 0 Å². The summed E-state index contributed by atoms with van der Waals surface area (Å²) in [5.74, 6) is -0.798. The van der Waals surface area contributed by atoms with Crippen LogP contribution in [0.25, 0.3) is 6.08 Å². The summed E-state index contributed by atoms with van der Waals surface area (Å²) in [5, 5.41) is 22.6. The van der Waals surface area contributed by atoms with Crippen molar-refractivity contribution in [2.45, 2.75) is 0 Å². The predicted octanol–water partition coefficient (Wildman–Crippen LogP) is 2.95. The molecular weight excluding hydrogens is 272 g/mol. The highest BCUT2D eigenvalue weighted by atomic mass is 16.6. The third kappa shape index (κ3) is 3.90. The van der Waals surface area contributed by atoms with E-state index < -0.39 is 10.8 Å². The van der Waals surface area contributed by atoms with E-state index in [1.165, 1.54) is 18.2 Å². The van der Waals surface area contributed by atoms with Gasteiger partial charge in [-0.1, -0.05) is 30.3 Å². The van der Waals surface area contributed by atoms with Crippen molar-refractivity contribution in [2.75, 3.05) is 5.32 Å². The maximum absolute atomic E-state index is 11.7. The van der Waals surface area contributed by atoms with Gasteiger partial charge in [-0.3, -0.25) is 14.9 Å². The maximum Gasteiger partial charge on any atom is 0.273 e. The van der Waals surface area contributed by atoms with Gasteiger partial charge in [0.25, 0.3) is 5.69 Å². The Morgan fingerprint density at radius 1 is 1.19 bits per heavy atom. The van der Waals surface area contributed by atoms with Crippen LogP contribution < -0.4 is 5.32 Å². The van der Waals surface area contributed by atoms with E-state index in [9.17, 15) is 20.0 Å². The number of carbonyl (C=O) groups excluding carboxylic acids is 1. The number of benzene rings is 2. The van der Waals surface area contributed by atoms with Gasteiger partial charge in [0.1, 0.15) is 5.75 Å². The summed E-state index contributed by atoms with van der Waals surface area (Å²) in [6.07, 6.45) is 2.94. The number of amides is 1. The molecule has 106 valence electrons. The number of nitrogens with one attached hydrogen (secondary N) is 1. The smallest absolute Gasteiger partial charge is 0.273 e. The molecule has 6 nitrogen and oxygen atoms in total. The predicted molar refractivity (Wildman–Crippen MR) is 78.9 cm³/mol. The minimum absolute atomic E-state index is 0.114. The first-order valence-corrected chi connectivity index (χ1v) is 6.08. The third-order valence-electron chi connectivity index (χ3n) is 2.68. The van der Waals surface area contributed by atoms with Gasteiger partial charge < -0.3 is 10.4 Å². The van der Waals surface area contributed by atoms with Gasteiger partial charge in [0, 0.05) is 12.1 Å². The van der Waals surface area contributed by atoms with Crippen LogP contribution in [-0.2, 0) is 4.79 Å². The average Bonchev–Trinajstić information content (AvgIpc) is 2.48. The zero-order chi connectivity index (χ0) is 15.2. The van der Waals surface area contributed by atoms with Gasteiger partial charge in [-0.05, 0) is 17.7 Å². The molecule has 0 fully saturated rings. The largest absolute Gasteiger partial charge is 0.506 e. The zero-order valence-corrected chi connectivity index (χ0v) is 10.9. The molecule has 2 N–H and O–H groups in total. The number of nitrogens with zero attached hydrogens (tertiary/aromatic N) is 1. The number of nitro benzene ring substituents is 1. The molecule has 0 aliphatic heterocycles. The van der Waals surface area contributed by atoms with E-state index in [1.807, 2.05) is 30.3 Å². The summed E-state index contributed by atoms with van der Waals surface area (Å²) in [5.41, 5.74) is 0.731. The second-order valence-corrected chi connectivity index (χ2v) is 4.19. The van der Waals surface area contributed by atoms with Crippen LogP contribution in [-0.4, -0.2) is 15.9 Å². The molecule has 0 atom stereocenters. The fourth-order valence-corrected chi connectivity index (χ4v) is 1.65. The van der Waals surface area contributed by atoms with Crippen LogP contribution in [0.1, 0.15) is 5.56 Å². The van der Waals surface area contributed by atoms with Crippen LogP contribution in [0.2, 0.25) is 0 Å². The second-order valence-electron chi connectivity index (χ2n) is 4.19. The van der Waals surface area contributed by atoms with Crippen molar-refractivity contribution in [3.05, 3.63) is 70.3 Å². The van der Waals surface area contributed by atoms with E-state index in [0.29, 0.717) is 0 Å². The summed E-state index contributed by atoms with van der Waals surface area (Å²) in [6.45, 7) is 0. The number of hydrogen-bond acceptors (Lipinski definition) is 4. The maximum atomic E-state index is 11.7. The molecule has 2 rings (SSSR count). The zero-order valence-electron chi connectivity index (χ0n) is 10.9. The number of nitro groups is 1. The molecule has 2 aromatic carbocycles. The number of non-ortho nitro benzene ring substituents is 1. The molecule has 0 bridgehead atoms. The average molecular weight is 284 g/mol. The molecule has 0 aliphatic carbocycles. The normalized spacial score (nSPS) is 10.5. The summed E-state index contributed by atoms with van der Waals surface area (Å²) < 4.78 is 0. The lowest BCUT2D eigenvalue weighted by atomic mass is 10.2. The molecule has 0 saturated heterocycles. The second kappa shape index (κ2) is 6.33. The topological polar surface area (TPSA) is 92.5 Å². The standard InChI is InChI=1S/C15H12N2O4/c18-14-10-12(17(20)21)7-8-13(14)16-15(19)9-6-11-4-2-1-3-5-11/h1-10,18H,(H,16,19)/b9-6+. The van der Waals surface area contributed by atoms with Gasteiger partial charge in [-0.2, -0.15) is 0 Å². The van der Waals surface area contributed by atoms with Gasteiger partial charge in [-0.25, -0.2) is 0 Å². The van der Waals surface area contributed by atoms with Gasteiger partial charge in [0.2, 0.25) is 5.91 Å². The number of aromatic hydroxyl groups is 1. The highest BCUT2D eigenvalue weighted by molar-refractivity contribution is 6.02. The number of anilines is 1. The lowest BCUT2D eigenvalue weighted by molar-refractivity contribution is -0.384. The van der Waals surface area contributed by atoms with Crippen molar-refractivity contribution in [1.82, 2.24) is 0 Å². The Kier molecular flexibility index (Phi) is 4.30. The molecule has 0 radical (unpaired) electrons. The van der Waals surface area contributed by atoms with Gasteiger partial charge in [0.05, 0.1) is 16.7 Å². The summed E-state index contributed by atoms with van der Waals surface area (Å²) in [7, 11) is 0. The minimum atomic E-state index is -0.624. The quantitative estimate of drug-likeness (QED) is 0.390. The van der Waals surface area contributed by atoms with Gasteiger partial charge in [0.15, 0.2) is 0 Å². The van der Waals surface area contributed by atoms with Crippen LogP contribution in [0, 0.1) is 10.1 Å². The van der Waals surface area contributed by atoms with Crippen LogP contribution >= 0.6 is 0 Å². The first kappa shape index (κ1) is 14.3. The van der Waals surface area contributed by atoms with E-state index in [2.05, 4.69) is 5.32 Å².